The third kappa shape index (κ3) is 3.64. The van der Waals surface area contributed by atoms with Crippen LogP contribution in [0.15, 0.2) is 85.1 Å². The average Bonchev–Trinajstić information content (AvgIpc) is 2.79. The summed E-state index contributed by atoms with van der Waals surface area (Å²) in [4.78, 5) is 17.2. The monoisotopic (exact) mass is 379 g/mol. The Bertz CT molecular complexity index is 1230. The van der Waals surface area contributed by atoms with Gasteiger partial charge in [-0.3, -0.25) is 9.78 Å². The van der Waals surface area contributed by atoms with E-state index in [4.69, 9.17) is 5.26 Å². The molecule has 1 atom stereocenters. The fourth-order valence-corrected chi connectivity index (χ4v) is 3.31. The van der Waals surface area contributed by atoms with E-state index in [2.05, 4.69) is 10.3 Å². The molecule has 0 radical (unpaired) electrons. The molecule has 4 rings (SSSR count). The summed E-state index contributed by atoms with van der Waals surface area (Å²) in [7, 11) is 0. The minimum atomic E-state index is -0.583. The maximum absolute atomic E-state index is 12.9. The Morgan fingerprint density at radius 2 is 1.83 bits per heavy atom. The summed E-state index contributed by atoms with van der Waals surface area (Å²) < 4.78 is 0. The first kappa shape index (κ1) is 18.2. The van der Waals surface area contributed by atoms with Crippen molar-refractivity contribution < 1.29 is 9.90 Å². The van der Waals surface area contributed by atoms with Crippen molar-refractivity contribution >= 4 is 16.8 Å². The Labute approximate surface area is 167 Å². The Morgan fingerprint density at radius 3 is 2.62 bits per heavy atom. The number of nitriles is 1. The summed E-state index contributed by atoms with van der Waals surface area (Å²) in [5.41, 5.74) is 2.64. The van der Waals surface area contributed by atoms with Crippen molar-refractivity contribution in [1.29, 1.82) is 5.26 Å². The van der Waals surface area contributed by atoms with Gasteiger partial charge in [-0.25, -0.2) is 0 Å². The molecule has 5 nitrogen and oxygen atoms in total. The first-order chi connectivity index (χ1) is 14.2. The number of nitrogens with zero attached hydrogens (tertiary/aromatic N) is 2. The Hall–Kier alpha value is -4.17. The van der Waals surface area contributed by atoms with Gasteiger partial charge in [-0.1, -0.05) is 54.6 Å². The summed E-state index contributed by atoms with van der Waals surface area (Å²) in [5, 5.41) is 23.8. The van der Waals surface area contributed by atoms with E-state index < -0.39 is 6.04 Å². The van der Waals surface area contributed by atoms with Crippen LogP contribution in [0.1, 0.15) is 33.1 Å². The Balaban J connectivity index is 1.78. The number of aromatic hydroxyl groups is 1. The molecule has 0 saturated carbocycles. The van der Waals surface area contributed by atoms with Crippen LogP contribution in [-0.2, 0) is 0 Å². The Kier molecular flexibility index (Phi) is 4.91. The van der Waals surface area contributed by atoms with E-state index >= 15 is 0 Å². The molecule has 0 fully saturated rings. The SMILES string of the molecule is N#Cc1cccc(C(=O)NC(c2ccccc2)c2ccc3cccnc3c2O)c1. The van der Waals surface area contributed by atoms with Gasteiger partial charge < -0.3 is 10.4 Å². The standard InChI is InChI=1S/C24H17N3O2/c25-15-16-6-4-9-19(14-16)24(29)27-21(17-7-2-1-3-8-17)20-12-11-18-10-5-13-26-22(18)23(20)28/h1-14,21,28H,(H,27,29). The predicted octanol–water partition coefficient (Wildman–Crippen LogP) is 4.33. The maximum atomic E-state index is 12.9. The quantitative estimate of drug-likeness (QED) is 0.552. The molecule has 0 saturated heterocycles. The van der Waals surface area contributed by atoms with Crippen molar-refractivity contribution in [3.05, 3.63) is 107 Å². The van der Waals surface area contributed by atoms with E-state index in [9.17, 15) is 9.90 Å². The van der Waals surface area contributed by atoms with Crippen molar-refractivity contribution in [2.45, 2.75) is 6.04 Å². The fourth-order valence-electron chi connectivity index (χ4n) is 3.31. The van der Waals surface area contributed by atoms with Crippen molar-refractivity contribution in [3.63, 3.8) is 0 Å². The average molecular weight is 379 g/mol. The lowest BCUT2D eigenvalue weighted by atomic mass is 9.96. The first-order valence-corrected chi connectivity index (χ1v) is 9.10. The van der Waals surface area contributed by atoms with Crippen LogP contribution in [0.5, 0.6) is 5.75 Å². The van der Waals surface area contributed by atoms with E-state index in [0.29, 0.717) is 22.2 Å². The lowest BCUT2D eigenvalue weighted by Crippen LogP contribution is -2.29. The second-order valence-corrected chi connectivity index (χ2v) is 6.59. The lowest BCUT2D eigenvalue weighted by Gasteiger charge is -2.21. The highest BCUT2D eigenvalue weighted by Gasteiger charge is 2.22. The third-order valence-electron chi connectivity index (χ3n) is 4.75. The molecular formula is C24H17N3O2. The third-order valence-corrected chi connectivity index (χ3v) is 4.75. The zero-order valence-electron chi connectivity index (χ0n) is 15.4. The second kappa shape index (κ2) is 7.83. The largest absolute Gasteiger partial charge is 0.505 e. The number of nitrogens with one attached hydrogen (secondary N) is 1. The molecule has 1 aromatic heterocycles. The number of aromatic nitrogens is 1. The molecule has 1 unspecified atom stereocenters. The van der Waals surface area contributed by atoms with Crippen LogP contribution in [0.4, 0.5) is 0 Å². The van der Waals surface area contributed by atoms with Gasteiger partial charge in [0.2, 0.25) is 0 Å². The zero-order valence-corrected chi connectivity index (χ0v) is 15.4. The molecule has 4 aromatic rings. The number of hydrogen-bond acceptors (Lipinski definition) is 4. The second-order valence-electron chi connectivity index (χ2n) is 6.59. The van der Waals surface area contributed by atoms with E-state index in [1.54, 1.807) is 42.6 Å². The van der Waals surface area contributed by atoms with Gasteiger partial charge in [0.15, 0.2) is 0 Å². The van der Waals surface area contributed by atoms with Gasteiger partial charge in [-0.15, -0.1) is 0 Å². The number of carbonyl (C=O) groups excluding carboxylic acids is 1. The van der Waals surface area contributed by atoms with E-state index in [1.807, 2.05) is 48.5 Å². The number of fused-ring (bicyclic) bond motifs is 1. The van der Waals surface area contributed by atoms with E-state index in [1.165, 1.54) is 0 Å². The van der Waals surface area contributed by atoms with Crippen LogP contribution >= 0.6 is 0 Å². The molecule has 3 aromatic carbocycles. The van der Waals surface area contributed by atoms with Crippen molar-refractivity contribution in [1.82, 2.24) is 10.3 Å². The minimum absolute atomic E-state index is 0.0306. The smallest absolute Gasteiger partial charge is 0.252 e. The van der Waals surface area contributed by atoms with Crippen LogP contribution < -0.4 is 5.32 Å². The lowest BCUT2D eigenvalue weighted by molar-refractivity contribution is 0.0942. The van der Waals surface area contributed by atoms with E-state index in [-0.39, 0.29) is 11.7 Å². The minimum Gasteiger partial charge on any atom is -0.505 e. The number of rotatable bonds is 4. The summed E-state index contributed by atoms with van der Waals surface area (Å²) in [6, 6.07) is 24.7. The van der Waals surface area contributed by atoms with Gasteiger partial charge in [0.25, 0.3) is 5.91 Å². The van der Waals surface area contributed by atoms with Crippen LogP contribution in [0.25, 0.3) is 10.9 Å². The number of carbonyl (C=O) groups is 1. The number of hydrogen-bond donors (Lipinski definition) is 2. The number of phenols is 1. The summed E-state index contributed by atoms with van der Waals surface area (Å²) in [5.74, 6) is -0.306. The van der Waals surface area contributed by atoms with Crippen molar-refractivity contribution in [2.24, 2.45) is 0 Å². The summed E-state index contributed by atoms with van der Waals surface area (Å²) >= 11 is 0. The number of phenolic OH excluding ortho intramolecular Hbond substituents is 1. The van der Waals surface area contributed by atoms with Crippen molar-refractivity contribution in [2.75, 3.05) is 0 Å². The molecule has 2 N–H and O–H groups in total. The summed E-state index contributed by atoms with van der Waals surface area (Å²) in [6.07, 6.45) is 1.62. The van der Waals surface area contributed by atoms with Crippen LogP contribution in [0.3, 0.4) is 0 Å². The van der Waals surface area contributed by atoms with Crippen LogP contribution in [-0.4, -0.2) is 16.0 Å². The van der Waals surface area contributed by atoms with Gasteiger partial charge in [0.1, 0.15) is 11.3 Å². The van der Waals surface area contributed by atoms with Crippen LogP contribution in [0.2, 0.25) is 0 Å². The van der Waals surface area contributed by atoms with Gasteiger partial charge >= 0.3 is 0 Å². The molecule has 0 bridgehead atoms. The number of amides is 1. The normalized spacial score (nSPS) is 11.6. The molecule has 1 heterocycles. The van der Waals surface area contributed by atoms with Crippen molar-refractivity contribution in [3.8, 4) is 11.8 Å². The molecule has 0 aliphatic heterocycles. The molecule has 0 spiro atoms. The van der Waals surface area contributed by atoms with E-state index in [0.717, 1.165) is 10.9 Å². The Morgan fingerprint density at radius 1 is 1.00 bits per heavy atom. The molecule has 0 aliphatic carbocycles. The molecule has 140 valence electrons. The topological polar surface area (TPSA) is 86.0 Å². The predicted molar refractivity (Wildman–Crippen MR) is 110 cm³/mol. The highest BCUT2D eigenvalue weighted by Crippen LogP contribution is 2.34. The highest BCUT2D eigenvalue weighted by molar-refractivity contribution is 5.95. The first-order valence-electron chi connectivity index (χ1n) is 9.10. The fraction of sp³-hybridized carbons (Fsp3) is 0.0417. The van der Waals surface area contributed by atoms with Gasteiger partial charge in [-0.05, 0) is 29.8 Å². The summed E-state index contributed by atoms with van der Waals surface area (Å²) in [6.45, 7) is 0. The van der Waals surface area contributed by atoms with Gasteiger partial charge in [0.05, 0.1) is 17.7 Å². The maximum Gasteiger partial charge on any atom is 0.252 e. The molecule has 1 amide bonds. The van der Waals surface area contributed by atoms with Crippen LogP contribution in [0, 0.1) is 11.3 Å². The van der Waals surface area contributed by atoms with Gasteiger partial charge in [0, 0.05) is 22.7 Å². The molecule has 5 heteroatoms. The zero-order chi connectivity index (χ0) is 20.2. The molecular weight excluding hydrogens is 362 g/mol. The highest BCUT2D eigenvalue weighted by atomic mass is 16.3. The number of benzene rings is 3. The van der Waals surface area contributed by atoms with Gasteiger partial charge in [-0.2, -0.15) is 5.26 Å². The number of pyridine rings is 1. The molecule has 0 aliphatic rings. The molecule has 29 heavy (non-hydrogen) atoms.